The van der Waals surface area contributed by atoms with Gasteiger partial charge in [0, 0.05) is 0 Å². The number of nitrogens with one attached hydrogen (secondary N) is 1. The molecule has 0 atom stereocenters. The first-order chi connectivity index (χ1) is 29.8. The summed E-state index contributed by atoms with van der Waals surface area (Å²) in [4.78, 5) is 0. The zero-order valence-electron chi connectivity index (χ0n) is 43.0. The molecule has 0 bridgehead atoms. The van der Waals surface area contributed by atoms with Gasteiger partial charge in [-0.2, -0.15) is 0 Å². The summed E-state index contributed by atoms with van der Waals surface area (Å²) in [5.74, 6) is 1.03. The highest BCUT2D eigenvalue weighted by Gasteiger charge is 2.09. The van der Waals surface area contributed by atoms with Crippen molar-refractivity contribution < 1.29 is 0 Å². The van der Waals surface area contributed by atoms with Crippen LogP contribution in [-0.4, -0.2) is 13.6 Å². The molecule has 0 rings (SSSR count). The average Bonchev–Trinajstić information content (AvgIpc) is 3.26. The highest BCUT2D eigenvalue weighted by Crippen LogP contribution is 2.26. The van der Waals surface area contributed by atoms with Crippen LogP contribution in [0.15, 0.2) is 0 Å². The van der Waals surface area contributed by atoms with Crippen LogP contribution in [0.4, 0.5) is 0 Å². The van der Waals surface area contributed by atoms with Crippen molar-refractivity contribution in [2.75, 3.05) is 13.6 Å². The lowest BCUT2D eigenvalue weighted by atomic mass is 9.89. The van der Waals surface area contributed by atoms with E-state index in [2.05, 4.69) is 26.2 Å². The first-order valence-electron chi connectivity index (χ1n) is 29.5. The first-order valence-corrected chi connectivity index (χ1v) is 29.5. The molecule has 0 heterocycles. The summed E-state index contributed by atoms with van der Waals surface area (Å²) in [7, 11) is 2.07. The molecule has 0 aliphatic heterocycles. The second kappa shape index (κ2) is 57.0. The Labute approximate surface area is 383 Å². The van der Waals surface area contributed by atoms with Gasteiger partial charge in [0.2, 0.25) is 0 Å². The van der Waals surface area contributed by atoms with Crippen molar-refractivity contribution in [3.8, 4) is 0 Å². The highest BCUT2D eigenvalue weighted by atomic mass is 14.8. The summed E-state index contributed by atoms with van der Waals surface area (Å²) in [6, 6.07) is 0. The summed E-state index contributed by atoms with van der Waals surface area (Å²) < 4.78 is 0. The van der Waals surface area contributed by atoms with E-state index >= 15 is 0 Å². The normalized spacial score (nSPS) is 11.8. The molecular formula is C59H121N. The SMILES string of the molecule is CCCCCCCCCCCCCCCCCCC(CCCCCCCCCCCCCCCCCC)CCCCCCCCCCCCCCCCCCCCCNC. The predicted molar refractivity (Wildman–Crippen MR) is 278 cm³/mol. The van der Waals surface area contributed by atoms with Crippen molar-refractivity contribution in [2.45, 2.75) is 361 Å². The smallest absolute Gasteiger partial charge is 0.00519 e. The maximum atomic E-state index is 3.26. The number of unbranched alkanes of at least 4 members (excludes halogenated alkanes) is 48. The minimum atomic E-state index is 1.03. The maximum absolute atomic E-state index is 3.26. The van der Waals surface area contributed by atoms with Crippen molar-refractivity contribution in [3.63, 3.8) is 0 Å². The Hall–Kier alpha value is -0.0400. The van der Waals surface area contributed by atoms with Gasteiger partial charge in [0.05, 0.1) is 0 Å². The van der Waals surface area contributed by atoms with E-state index in [-0.39, 0.29) is 0 Å². The van der Waals surface area contributed by atoms with Crippen LogP contribution >= 0.6 is 0 Å². The Bertz CT molecular complexity index is 665. The summed E-state index contributed by atoms with van der Waals surface area (Å²) >= 11 is 0. The van der Waals surface area contributed by atoms with Crippen molar-refractivity contribution in [1.29, 1.82) is 0 Å². The lowest BCUT2D eigenvalue weighted by Gasteiger charge is -2.17. The summed E-state index contributed by atoms with van der Waals surface area (Å²) in [6.45, 7) is 5.84. The van der Waals surface area contributed by atoms with Gasteiger partial charge in [-0.3, -0.25) is 0 Å². The van der Waals surface area contributed by atoms with E-state index < -0.39 is 0 Å². The molecule has 0 spiro atoms. The van der Waals surface area contributed by atoms with Gasteiger partial charge >= 0.3 is 0 Å². The van der Waals surface area contributed by atoms with Crippen LogP contribution in [0.25, 0.3) is 0 Å². The fourth-order valence-electron chi connectivity index (χ4n) is 10.1. The third-order valence-electron chi connectivity index (χ3n) is 14.5. The molecule has 0 fully saturated rings. The quantitative estimate of drug-likeness (QED) is 0.0602. The van der Waals surface area contributed by atoms with E-state index in [9.17, 15) is 0 Å². The van der Waals surface area contributed by atoms with Crippen molar-refractivity contribution in [3.05, 3.63) is 0 Å². The van der Waals surface area contributed by atoms with Gasteiger partial charge in [0.15, 0.2) is 0 Å². The number of rotatable bonds is 56. The summed E-state index contributed by atoms with van der Waals surface area (Å²) in [6.07, 6.45) is 80.1. The van der Waals surface area contributed by atoms with E-state index in [0.29, 0.717) is 0 Å². The van der Waals surface area contributed by atoms with Crippen molar-refractivity contribution in [2.24, 2.45) is 5.92 Å². The molecular weight excluding hydrogens is 723 g/mol. The standard InChI is InChI=1S/C59H121N/c1-4-6-8-10-12-14-16-18-20-27-31-35-39-43-47-51-55-59(56-52-48-44-40-36-32-28-21-19-17-15-13-11-9-7-5-2)57-53-49-45-41-37-33-29-25-23-22-24-26-30-34-38-42-46-50-54-58-60-3/h59-60H,4-58H2,1-3H3. The Morgan fingerprint density at radius 2 is 0.350 bits per heavy atom. The molecule has 0 amide bonds. The zero-order valence-corrected chi connectivity index (χ0v) is 43.0. The van der Waals surface area contributed by atoms with Crippen LogP contribution in [0.2, 0.25) is 0 Å². The molecule has 0 radical (unpaired) electrons. The van der Waals surface area contributed by atoms with Crippen molar-refractivity contribution >= 4 is 0 Å². The third kappa shape index (κ3) is 54.1. The van der Waals surface area contributed by atoms with Gasteiger partial charge in [-0.1, -0.05) is 354 Å². The van der Waals surface area contributed by atoms with Gasteiger partial charge < -0.3 is 5.32 Å². The monoisotopic (exact) mass is 844 g/mol. The molecule has 362 valence electrons. The van der Waals surface area contributed by atoms with Crippen LogP contribution in [0.5, 0.6) is 0 Å². The average molecular weight is 845 g/mol. The Balaban J connectivity index is 3.93. The molecule has 1 N–H and O–H groups in total. The third-order valence-corrected chi connectivity index (χ3v) is 14.5. The molecule has 0 aliphatic carbocycles. The van der Waals surface area contributed by atoms with E-state index in [4.69, 9.17) is 0 Å². The maximum Gasteiger partial charge on any atom is -0.00519 e. The zero-order chi connectivity index (χ0) is 43.2. The van der Waals surface area contributed by atoms with Crippen LogP contribution in [0.1, 0.15) is 361 Å². The Morgan fingerprint density at radius 1 is 0.200 bits per heavy atom. The molecule has 0 aromatic carbocycles. The largest absolute Gasteiger partial charge is 0.320 e. The van der Waals surface area contributed by atoms with E-state index in [1.807, 2.05) is 0 Å². The number of hydrogen-bond acceptors (Lipinski definition) is 1. The molecule has 1 nitrogen and oxygen atoms in total. The second-order valence-electron chi connectivity index (χ2n) is 20.7. The molecule has 0 unspecified atom stereocenters. The lowest BCUT2D eigenvalue weighted by Crippen LogP contribution is -2.06. The van der Waals surface area contributed by atoms with Crippen LogP contribution in [0.3, 0.4) is 0 Å². The minimum absolute atomic E-state index is 1.03. The van der Waals surface area contributed by atoms with Crippen LogP contribution in [0, 0.1) is 5.92 Å². The Morgan fingerprint density at radius 3 is 0.517 bits per heavy atom. The van der Waals surface area contributed by atoms with Gasteiger partial charge in [0.1, 0.15) is 0 Å². The van der Waals surface area contributed by atoms with Crippen LogP contribution < -0.4 is 5.32 Å². The first kappa shape index (κ1) is 60.0. The molecule has 0 aromatic rings. The minimum Gasteiger partial charge on any atom is -0.320 e. The summed E-state index contributed by atoms with van der Waals surface area (Å²) in [5.41, 5.74) is 0. The van der Waals surface area contributed by atoms with Gasteiger partial charge in [-0.25, -0.2) is 0 Å². The second-order valence-corrected chi connectivity index (χ2v) is 20.7. The van der Waals surface area contributed by atoms with E-state index in [1.54, 1.807) is 0 Å². The Kier molecular flexibility index (Phi) is 56.9. The molecule has 1 heteroatoms. The fraction of sp³-hybridized carbons (Fsp3) is 1.00. The fourth-order valence-corrected chi connectivity index (χ4v) is 10.1. The highest BCUT2D eigenvalue weighted by molar-refractivity contribution is 4.63. The van der Waals surface area contributed by atoms with E-state index in [0.717, 1.165) is 5.92 Å². The van der Waals surface area contributed by atoms with Gasteiger partial charge in [-0.05, 0) is 25.9 Å². The lowest BCUT2D eigenvalue weighted by molar-refractivity contribution is 0.365. The topological polar surface area (TPSA) is 12.0 Å². The number of hydrogen-bond donors (Lipinski definition) is 1. The van der Waals surface area contributed by atoms with Gasteiger partial charge in [0.25, 0.3) is 0 Å². The molecule has 0 aromatic heterocycles. The van der Waals surface area contributed by atoms with Crippen LogP contribution in [-0.2, 0) is 0 Å². The molecule has 0 aliphatic rings. The van der Waals surface area contributed by atoms with Gasteiger partial charge in [-0.15, -0.1) is 0 Å². The predicted octanol–water partition coefficient (Wildman–Crippen LogP) is 21.9. The summed E-state index contributed by atoms with van der Waals surface area (Å²) in [5, 5.41) is 3.26. The van der Waals surface area contributed by atoms with E-state index in [1.165, 1.54) is 353 Å². The molecule has 0 saturated heterocycles. The van der Waals surface area contributed by atoms with Crippen molar-refractivity contribution in [1.82, 2.24) is 5.32 Å². The molecule has 60 heavy (non-hydrogen) atoms. The molecule has 0 saturated carbocycles.